The molecule has 6 heteroatoms. The summed E-state index contributed by atoms with van der Waals surface area (Å²) in [5.74, 6) is -0.298. The molecule has 124 valence electrons. The summed E-state index contributed by atoms with van der Waals surface area (Å²) in [7, 11) is 3.62. The predicted molar refractivity (Wildman–Crippen MR) is 98.9 cm³/mol. The third-order valence-electron chi connectivity index (χ3n) is 3.19. The summed E-state index contributed by atoms with van der Waals surface area (Å²) in [6.07, 6.45) is 4.09. The van der Waals surface area contributed by atoms with E-state index < -0.39 is 11.6 Å². The Labute approximate surface area is 148 Å². The molecule has 3 nitrogen and oxygen atoms in total. The van der Waals surface area contributed by atoms with E-state index in [-0.39, 0.29) is 36.0 Å². The summed E-state index contributed by atoms with van der Waals surface area (Å²) in [6, 6.07) is 3.91. The second-order valence-electron chi connectivity index (χ2n) is 4.78. The molecule has 0 aromatic heterocycles. The minimum atomic E-state index is -0.508. The molecule has 1 aromatic carbocycles. The van der Waals surface area contributed by atoms with E-state index in [4.69, 9.17) is 0 Å². The van der Waals surface area contributed by atoms with Crippen LogP contribution in [0.2, 0.25) is 0 Å². The van der Waals surface area contributed by atoms with Gasteiger partial charge >= 0.3 is 0 Å². The molecule has 0 aliphatic rings. The van der Waals surface area contributed by atoms with Crippen LogP contribution in [0.3, 0.4) is 0 Å². The number of hydrogen-bond acceptors (Lipinski definition) is 1. The first-order valence-electron chi connectivity index (χ1n) is 7.05. The van der Waals surface area contributed by atoms with Gasteiger partial charge in [-0.25, -0.2) is 8.78 Å². The SMILES string of the molecule is C=CCCCN(C)C(=NC)NCCc1c(F)cccc1F.I. The molecular weight excluding hydrogens is 399 g/mol. The summed E-state index contributed by atoms with van der Waals surface area (Å²) in [6.45, 7) is 4.96. The van der Waals surface area contributed by atoms with E-state index in [1.54, 1.807) is 7.05 Å². The molecule has 22 heavy (non-hydrogen) atoms. The fraction of sp³-hybridized carbons (Fsp3) is 0.438. The molecule has 1 rings (SSSR count). The Morgan fingerprint density at radius 2 is 2.00 bits per heavy atom. The summed E-state index contributed by atoms with van der Waals surface area (Å²) >= 11 is 0. The second-order valence-corrected chi connectivity index (χ2v) is 4.78. The zero-order valence-electron chi connectivity index (χ0n) is 13.1. The Kier molecular flexibility index (Phi) is 10.8. The first-order chi connectivity index (χ1) is 10.1. The highest BCUT2D eigenvalue weighted by Gasteiger charge is 2.09. The zero-order valence-corrected chi connectivity index (χ0v) is 15.4. The molecule has 0 radical (unpaired) electrons. The third kappa shape index (κ3) is 6.72. The molecular formula is C16H24F2IN3. The van der Waals surface area contributed by atoms with Gasteiger partial charge in [0.1, 0.15) is 11.6 Å². The van der Waals surface area contributed by atoms with E-state index in [0.29, 0.717) is 6.54 Å². The van der Waals surface area contributed by atoms with Crippen molar-refractivity contribution in [2.45, 2.75) is 19.3 Å². The number of halogens is 3. The van der Waals surface area contributed by atoms with Crippen molar-refractivity contribution < 1.29 is 8.78 Å². The predicted octanol–water partition coefficient (Wildman–Crippen LogP) is 3.60. The van der Waals surface area contributed by atoms with Crippen LogP contribution in [0.1, 0.15) is 18.4 Å². The van der Waals surface area contributed by atoms with E-state index in [0.717, 1.165) is 25.3 Å². The number of guanidine groups is 1. The van der Waals surface area contributed by atoms with Crippen molar-refractivity contribution in [2.24, 2.45) is 4.99 Å². The van der Waals surface area contributed by atoms with Gasteiger partial charge in [-0.2, -0.15) is 0 Å². The van der Waals surface area contributed by atoms with Gasteiger partial charge < -0.3 is 10.2 Å². The zero-order chi connectivity index (χ0) is 15.7. The quantitative estimate of drug-likeness (QED) is 0.239. The standard InChI is InChI=1S/C16H23F2N3.HI/c1-4-5-6-12-21(3)16(19-2)20-11-10-13-14(17)8-7-9-15(13)18;/h4,7-9H,1,5-6,10-12H2,2-3H3,(H,19,20);1H. The topological polar surface area (TPSA) is 27.6 Å². The van der Waals surface area contributed by atoms with Gasteiger partial charge in [-0.05, 0) is 31.4 Å². The van der Waals surface area contributed by atoms with Crippen LogP contribution >= 0.6 is 24.0 Å². The average molecular weight is 423 g/mol. The van der Waals surface area contributed by atoms with E-state index >= 15 is 0 Å². The van der Waals surface area contributed by atoms with Gasteiger partial charge in [-0.1, -0.05) is 12.1 Å². The van der Waals surface area contributed by atoms with Crippen LogP contribution in [-0.4, -0.2) is 38.0 Å². The monoisotopic (exact) mass is 423 g/mol. The van der Waals surface area contributed by atoms with Crippen molar-refractivity contribution in [2.75, 3.05) is 27.2 Å². The van der Waals surface area contributed by atoms with Crippen LogP contribution in [0.25, 0.3) is 0 Å². The number of rotatable bonds is 7. The molecule has 0 saturated heterocycles. The number of unbranched alkanes of at least 4 members (excludes halogenated alkanes) is 1. The molecule has 0 unspecified atom stereocenters. The van der Waals surface area contributed by atoms with Gasteiger partial charge in [0.15, 0.2) is 5.96 Å². The van der Waals surface area contributed by atoms with Gasteiger partial charge in [-0.3, -0.25) is 4.99 Å². The van der Waals surface area contributed by atoms with E-state index in [1.807, 2.05) is 18.0 Å². The number of benzene rings is 1. The van der Waals surface area contributed by atoms with Crippen molar-refractivity contribution in [1.29, 1.82) is 0 Å². The maximum Gasteiger partial charge on any atom is 0.193 e. The minimum Gasteiger partial charge on any atom is -0.356 e. The van der Waals surface area contributed by atoms with Crippen LogP contribution in [0, 0.1) is 11.6 Å². The molecule has 0 aliphatic heterocycles. The van der Waals surface area contributed by atoms with Crippen LogP contribution in [0.4, 0.5) is 8.78 Å². The molecule has 0 atom stereocenters. The van der Waals surface area contributed by atoms with Crippen LogP contribution in [0.15, 0.2) is 35.8 Å². The van der Waals surface area contributed by atoms with Crippen molar-refractivity contribution >= 4 is 29.9 Å². The lowest BCUT2D eigenvalue weighted by Crippen LogP contribution is -2.40. The molecule has 1 N–H and O–H groups in total. The molecule has 0 aliphatic carbocycles. The lowest BCUT2D eigenvalue weighted by atomic mass is 10.1. The number of aliphatic imine (C=N–C) groups is 1. The third-order valence-corrected chi connectivity index (χ3v) is 3.19. The largest absolute Gasteiger partial charge is 0.356 e. The van der Waals surface area contributed by atoms with Gasteiger partial charge in [0, 0.05) is 32.7 Å². The van der Waals surface area contributed by atoms with Gasteiger partial charge in [0.2, 0.25) is 0 Å². The van der Waals surface area contributed by atoms with Gasteiger partial charge in [0.25, 0.3) is 0 Å². The normalized spacial score (nSPS) is 10.8. The Bertz CT molecular complexity index is 472. The Morgan fingerprint density at radius 1 is 1.36 bits per heavy atom. The maximum atomic E-state index is 13.5. The highest BCUT2D eigenvalue weighted by molar-refractivity contribution is 14.0. The summed E-state index contributed by atoms with van der Waals surface area (Å²) < 4.78 is 27.0. The Balaban J connectivity index is 0.00000441. The second kappa shape index (κ2) is 11.4. The van der Waals surface area contributed by atoms with E-state index in [1.165, 1.54) is 18.2 Å². The van der Waals surface area contributed by atoms with Crippen LogP contribution in [-0.2, 0) is 6.42 Å². The number of nitrogens with zero attached hydrogens (tertiary/aromatic N) is 2. The van der Waals surface area contributed by atoms with E-state index in [2.05, 4.69) is 16.9 Å². The minimum absolute atomic E-state index is 0. The summed E-state index contributed by atoms with van der Waals surface area (Å²) in [5, 5.41) is 3.12. The van der Waals surface area contributed by atoms with Gasteiger partial charge in [-0.15, -0.1) is 30.6 Å². The molecule has 0 saturated carbocycles. The lowest BCUT2D eigenvalue weighted by molar-refractivity contribution is 0.469. The number of allylic oxidation sites excluding steroid dienone is 1. The molecule has 0 fully saturated rings. The molecule has 0 spiro atoms. The first-order valence-corrected chi connectivity index (χ1v) is 7.05. The highest BCUT2D eigenvalue weighted by atomic mass is 127. The summed E-state index contributed by atoms with van der Waals surface area (Å²) in [5.41, 5.74) is 0.106. The van der Waals surface area contributed by atoms with Crippen molar-refractivity contribution in [3.8, 4) is 0 Å². The molecule has 1 aromatic rings. The lowest BCUT2D eigenvalue weighted by Gasteiger charge is -2.21. The highest BCUT2D eigenvalue weighted by Crippen LogP contribution is 2.12. The Morgan fingerprint density at radius 3 is 2.55 bits per heavy atom. The van der Waals surface area contributed by atoms with Crippen LogP contribution < -0.4 is 5.32 Å². The fourth-order valence-electron chi connectivity index (χ4n) is 2.03. The van der Waals surface area contributed by atoms with E-state index in [9.17, 15) is 8.78 Å². The maximum absolute atomic E-state index is 13.5. The number of nitrogens with one attached hydrogen (secondary N) is 1. The molecule has 0 heterocycles. The Hall–Kier alpha value is -1.18. The van der Waals surface area contributed by atoms with Crippen molar-refractivity contribution in [1.82, 2.24) is 10.2 Å². The van der Waals surface area contributed by atoms with Crippen molar-refractivity contribution in [3.63, 3.8) is 0 Å². The fourth-order valence-corrected chi connectivity index (χ4v) is 2.03. The molecule has 0 bridgehead atoms. The number of hydrogen-bond donors (Lipinski definition) is 1. The van der Waals surface area contributed by atoms with Gasteiger partial charge in [0.05, 0.1) is 0 Å². The average Bonchev–Trinajstić information content (AvgIpc) is 2.46. The smallest absolute Gasteiger partial charge is 0.193 e. The first kappa shape index (κ1) is 20.8. The van der Waals surface area contributed by atoms with Crippen molar-refractivity contribution in [3.05, 3.63) is 48.1 Å². The van der Waals surface area contributed by atoms with Crippen LogP contribution in [0.5, 0.6) is 0 Å². The molecule has 0 amide bonds. The summed E-state index contributed by atoms with van der Waals surface area (Å²) in [4.78, 5) is 6.15.